The molecule has 0 aliphatic rings. The summed E-state index contributed by atoms with van der Waals surface area (Å²) in [6, 6.07) is 9.22. The number of halogens is 3. The standard InChI is InChI=1S/C18H14F3N3O3S2/c1-11-16(28-17(23-11)24-15(25)14-8-4-5-9-22-14)29(26,27)10-12-6-2-3-7-13(12)18(19,20)21/h2-9H,10H2,1H3,(H,23,24,25). The van der Waals surface area contributed by atoms with E-state index < -0.39 is 33.2 Å². The second kappa shape index (κ2) is 7.91. The van der Waals surface area contributed by atoms with E-state index in [9.17, 15) is 26.4 Å². The molecule has 1 N–H and O–H groups in total. The predicted octanol–water partition coefficient (Wildman–Crippen LogP) is 4.09. The molecule has 0 atom stereocenters. The molecule has 0 fully saturated rings. The van der Waals surface area contributed by atoms with Gasteiger partial charge in [0.15, 0.2) is 15.0 Å². The monoisotopic (exact) mass is 441 g/mol. The topological polar surface area (TPSA) is 89.0 Å². The third-order valence-electron chi connectivity index (χ3n) is 3.82. The van der Waals surface area contributed by atoms with Crippen LogP contribution in [-0.2, 0) is 21.8 Å². The summed E-state index contributed by atoms with van der Waals surface area (Å²) in [5.41, 5.74) is -1.15. The number of hydrogen-bond donors (Lipinski definition) is 1. The van der Waals surface area contributed by atoms with Crippen molar-refractivity contribution in [1.82, 2.24) is 9.97 Å². The van der Waals surface area contributed by atoms with Crippen LogP contribution in [0.5, 0.6) is 0 Å². The van der Waals surface area contributed by atoms with Crippen molar-refractivity contribution in [2.75, 3.05) is 5.32 Å². The zero-order valence-corrected chi connectivity index (χ0v) is 16.5. The SMILES string of the molecule is Cc1nc(NC(=O)c2ccccn2)sc1S(=O)(=O)Cc1ccccc1C(F)(F)F. The van der Waals surface area contributed by atoms with Gasteiger partial charge in [0.2, 0.25) is 0 Å². The van der Waals surface area contributed by atoms with Crippen LogP contribution in [0.3, 0.4) is 0 Å². The fourth-order valence-electron chi connectivity index (χ4n) is 2.58. The summed E-state index contributed by atoms with van der Waals surface area (Å²) in [6.07, 6.45) is -3.24. The van der Waals surface area contributed by atoms with Crippen LogP contribution in [0.1, 0.15) is 27.3 Å². The molecule has 2 heterocycles. The first-order valence-corrected chi connectivity index (χ1v) is 10.6. The van der Waals surface area contributed by atoms with E-state index in [0.717, 1.165) is 12.1 Å². The second-order valence-corrected chi connectivity index (χ2v) is 9.16. The van der Waals surface area contributed by atoms with Crippen LogP contribution in [0.4, 0.5) is 18.3 Å². The lowest BCUT2D eigenvalue weighted by Crippen LogP contribution is -2.13. The Morgan fingerprint density at radius 3 is 2.48 bits per heavy atom. The highest BCUT2D eigenvalue weighted by molar-refractivity contribution is 7.92. The normalized spacial score (nSPS) is 12.0. The van der Waals surface area contributed by atoms with Gasteiger partial charge in [-0.15, -0.1) is 0 Å². The molecule has 0 saturated carbocycles. The van der Waals surface area contributed by atoms with Gasteiger partial charge in [0.25, 0.3) is 5.91 Å². The number of nitrogens with zero attached hydrogens (tertiary/aromatic N) is 2. The molecular formula is C18H14F3N3O3S2. The molecular weight excluding hydrogens is 427 g/mol. The fourth-order valence-corrected chi connectivity index (χ4v) is 5.48. The molecule has 0 unspecified atom stereocenters. The van der Waals surface area contributed by atoms with Crippen LogP contribution in [0.15, 0.2) is 52.9 Å². The zero-order chi connectivity index (χ0) is 21.2. The number of carbonyl (C=O) groups is 1. The maximum absolute atomic E-state index is 13.2. The van der Waals surface area contributed by atoms with Gasteiger partial charge in [-0.1, -0.05) is 35.6 Å². The maximum atomic E-state index is 13.2. The third kappa shape index (κ3) is 4.80. The van der Waals surface area contributed by atoms with Gasteiger partial charge in [-0.05, 0) is 30.7 Å². The van der Waals surface area contributed by atoms with Crippen molar-refractivity contribution in [3.63, 3.8) is 0 Å². The number of sulfone groups is 1. The molecule has 3 rings (SSSR count). The molecule has 2 aromatic heterocycles. The lowest BCUT2D eigenvalue weighted by molar-refractivity contribution is -0.138. The average Bonchev–Trinajstić information content (AvgIpc) is 3.03. The third-order valence-corrected chi connectivity index (χ3v) is 7.25. The van der Waals surface area contributed by atoms with Gasteiger partial charge in [-0.2, -0.15) is 13.2 Å². The Morgan fingerprint density at radius 1 is 1.14 bits per heavy atom. The summed E-state index contributed by atoms with van der Waals surface area (Å²) >= 11 is 0.682. The number of anilines is 1. The number of thiazole rings is 1. The number of amides is 1. The van der Waals surface area contributed by atoms with Crippen LogP contribution in [-0.4, -0.2) is 24.3 Å². The summed E-state index contributed by atoms with van der Waals surface area (Å²) in [7, 11) is -4.12. The first-order chi connectivity index (χ1) is 13.6. The Morgan fingerprint density at radius 2 is 1.83 bits per heavy atom. The quantitative estimate of drug-likeness (QED) is 0.644. The highest BCUT2D eigenvalue weighted by atomic mass is 32.2. The second-order valence-electron chi connectivity index (χ2n) is 5.97. The Hall–Kier alpha value is -2.79. The maximum Gasteiger partial charge on any atom is 0.416 e. The molecule has 3 aromatic rings. The number of alkyl halides is 3. The molecule has 1 aromatic carbocycles. The fraction of sp³-hybridized carbons (Fsp3) is 0.167. The number of benzene rings is 1. The summed E-state index contributed by atoms with van der Waals surface area (Å²) in [5.74, 6) is -1.41. The number of rotatable bonds is 5. The van der Waals surface area contributed by atoms with Gasteiger partial charge < -0.3 is 0 Å². The Labute approximate surface area is 168 Å². The van der Waals surface area contributed by atoms with Crippen LogP contribution in [0.25, 0.3) is 0 Å². The number of aromatic nitrogens is 2. The summed E-state index contributed by atoms with van der Waals surface area (Å²) < 4.78 is 64.8. The van der Waals surface area contributed by atoms with Crippen LogP contribution < -0.4 is 5.32 Å². The molecule has 6 nitrogen and oxygen atoms in total. The lowest BCUT2D eigenvalue weighted by atomic mass is 10.1. The minimum Gasteiger partial charge on any atom is -0.296 e. The molecule has 29 heavy (non-hydrogen) atoms. The molecule has 0 spiro atoms. The molecule has 0 saturated heterocycles. The average molecular weight is 441 g/mol. The largest absolute Gasteiger partial charge is 0.416 e. The Balaban J connectivity index is 1.87. The van der Waals surface area contributed by atoms with Crippen molar-refractivity contribution < 1.29 is 26.4 Å². The van der Waals surface area contributed by atoms with Crippen molar-refractivity contribution in [3.05, 3.63) is 71.2 Å². The van der Waals surface area contributed by atoms with E-state index in [1.807, 2.05) is 0 Å². The van der Waals surface area contributed by atoms with E-state index in [4.69, 9.17) is 0 Å². The first-order valence-electron chi connectivity index (χ1n) is 8.15. The van der Waals surface area contributed by atoms with E-state index >= 15 is 0 Å². The molecule has 1 amide bonds. The number of aryl methyl sites for hydroxylation is 1. The van der Waals surface area contributed by atoms with Gasteiger partial charge in [0.1, 0.15) is 9.90 Å². The number of pyridine rings is 1. The van der Waals surface area contributed by atoms with Gasteiger partial charge >= 0.3 is 6.18 Å². The molecule has 0 aliphatic carbocycles. The summed E-state index contributed by atoms with van der Waals surface area (Å²) in [5, 5.41) is 2.47. The number of carbonyl (C=O) groups excluding carboxylic acids is 1. The molecule has 152 valence electrons. The van der Waals surface area contributed by atoms with Gasteiger partial charge in [0.05, 0.1) is 17.0 Å². The Kier molecular flexibility index (Phi) is 5.71. The lowest BCUT2D eigenvalue weighted by Gasteiger charge is -2.12. The van der Waals surface area contributed by atoms with E-state index in [-0.39, 0.29) is 26.3 Å². The Bertz CT molecular complexity index is 1140. The van der Waals surface area contributed by atoms with Gasteiger partial charge in [0, 0.05) is 6.20 Å². The van der Waals surface area contributed by atoms with E-state index in [0.29, 0.717) is 11.3 Å². The minimum absolute atomic E-state index is 0.0147. The van der Waals surface area contributed by atoms with E-state index in [2.05, 4.69) is 15.3 Å². The van der Waals surface area contributed by atoms with Gasteiger partial charge in [-0.3, -0.25) is 15.1 Å². The van der Waals surface area contributed by atoms with Crippen molar-refractivity contribution in [1.29, 1.82) is 0 Å². The summed E-state index contributed by atoms with van der Waals surface area (Å²) in [6.45, 7) is 1.41. The molecule has 11 heteroatoms. The molecule has 0 radical (unpaired) electrons. The van der Waals surface area contributed by atoms with Crippen LogP contribution >= 0.6 is 11.3 Å². The smallest absolute Gasteiger partial charge is 0.296 e. The van der Waals surface area contributed by atoms with Crippen molar-refractivity contribution in [2.45, 2.75) is 23.1 Å². The highest BCUT2D eigenvalue weighted by Crippen LogP contribution is 2.35. The zero-order valence-electron chi connectivity index (χ0n) is 14.9. The summed E-state index contributed by atoms with van der Waals surface area (Å²) in [4.78, 5) is 20.0. The van der Waals surface area contributed by atoms with Crippen LogP contribution in [0, 0.1) is 6.92 Å². The highest BCUT2D eigenvalue weighted by Gasteiger charge is 2.35. The van der Waals surface area contributed by atoms with E-state index in [1.54, 1.807) is 12.1 Å². The molecule has 0 aliphatic heterocycles. The number of nitrogens with one attached hydrogen (secondary N) is 1. The van der Waals surface area contributed by atoms with Crippen molar-refractivity contribution in [3.8, 4) is 0 Å². The van der Waals surface area contributed by atoms with Crippen LogP contribution in [0.2, 0.25) is 0 Å². The predicted molar refractivity (Wildman–Crippen MR) is 101 cm³/mol. The first kappa shape index (κ1) is 20.9. The minimum atomic E-state index is -4.67. The van der Waals surface area contributed by atoms with Gasteiger partial charge in [-0.25, -0.2) is 13.4 Å². The van der Waals surface area contributed by atoms with E-state index in [1.165, 1.54) is 31.3 Å². The number of hydrogen-bond acceptors (Lipinski definition) is 6. The van der Waals surface area contributed by atoms with Crippen molar-refractivity contribution in [2.24, 2.45) is 0 Å². The van der Waals surface area contributed by atoms with Crippen molar-refractivity contribution >= 4 is 32.2 Å². The molecule has 0 bridgehead atoms.